The number of hydrogen-bond donors (Lipinski definition) is 0. The molecule has 1 aliphatic rings. The third kappa shape index (κ3) is 9.69. The second-order valence-corrected chi connectivity index (χ2v) is 8.65. The molecule has 0 spiro atoms. The van der Waals surface area contributed by atoms with Gasteiger partial charge in [-0.25, -0.2) is 8.42 Å². The van der Waals surface area contributed by atoms with E-state index in [9.17, 15) is 13.0 Å². The Bertz CT molecular complexity index is 834. The van der Waals surface area contributed by atoms with Gasteiger partial charge in [0, 0.05) is 6.42 Å². The van der Waals surface area contributed by atoms with Gasteiger partial charge in [0.25, 0.3) is 0 Å². The van der Waals surface area contributed by atoms with Crippen molar-refractivity contribution in [1.29, 1.82) is 0 Å². The summed E-state index contributed by atoms with van der Waals surface area (Å²) in [5.41, 5.74) is 2.63. The Balaban J connectivity index is 0.000000469. The second-order valence-electron chi connectivity index (χ2n) is 7.50. The van der Waals surface area contributed by atoms with Crippen LogP contribution in [0.25, 0.3) is 0 Å². The second kappa shape index (κ2) is 12.0. The highest BCUT2D eigenvalue weighted by molar-refractivity contribution is 7.80. The van der Waals surface area contributed by atoms with E-state index in [1.54, 1.807) is 0 Å². The van der Waals surface area contributed by atoms with Crippen LogP contribution in [0.15, 0.2) is 54.6 Å². The molecule has 8 heteroatoms. The first-order valence-electron chi connectivity index (χ1n) is 9.98. The van der Waals surface area contributed by atoms with Crippen molar-refractivity contribution in [2.75, 3.05) is 47.0 Å². The number of morpholine rings is 1. The zero-order chi connectivity index (χ0) is 21.9. The molecule has 1 aliphatic heterocycles. The summed E-state index contributed by atoms with van der Waals surface area (Å²) in [5.74, 6) is 0.920. The summed E-state index contributed by atoms with van der Waals surface area (Å²) in [6.07, 6.45) is 2.38. The van der Waals surface area contributed by atoms with Crippen molar-refractivity contribution in [3.63, 3.8) is 0 Å². The van der Waals surface area contributed by atoms with Crippen LogP contribution in [0.2, 0.25) is 0 Å². The van der Waals surface area contributed by atoms with Gasteiger partial charge < -0.3 is 18.5 Å². The molecule has 2 aromatic carbocycles. The van der Waals surface area contributed by atoms with Gasteiger partial charge in [0.2, 0.25) is 10.4 Å². The molecule has 0 radical (unpaired) electrons. The molecule has 0 saturated carbocycles. The molecule has 1 fully saturated rings. The summed E-state index contributed by atoms with van der Waals surface area (Å²) in [6, 6.07) is 18.8. The van der Waals surface area contributed by atoms with Crippen LogP contribution in [0.5, 0.6) is 5.75 Å². The number of quaternary nitrogens is 1. The summed E-state index contributed by atoms with van der Waals surface area (Å²) in [5, 5.41) is 0. The number of benzene rings is 2. The number of nitrogens with zero attached hydrogens (tertiary/aromatic N) is 1. The molecule has 3 rings (SSSR count). The SMILES string of the molecule is COS(=O)(=O)[O-].C[N+]1(CCCc2ccc(COc3ccccc3)cc2)CCOCC1. The summed E-state index contributed by atoms with van der Waals surface area (Å²) < 4.78 is 43.4. The Kier molecular flexibility index (Phi) is 9.74. The Labute approximate surface area is 179 Å². The minimum Gasteiger partial charge on any atom is -0.726 e. The third-order valence-corrected chi connectivity index (χ3v) is 5.50. The van der Waals surface area contributed by atoms with Gasteiger partial charge in [-0.05, 0) is 29.7 Å². The highest BCUT2D eigenvalue weighted by Crippen LogP contribution is 2.14. The smallest absolute Gasteiger partial charge is 0.217 e. The maximum absolute atomic E-state index is 9.22. The first-order chi connectivity index (χ1) is 14.3. The van der Waals surface area contributed by atoms with Crippen molar-refractivity contribution < 1.29 is 31.1 Å². The zero-order valence-corrected chi connectivity index (χ0v) is 18.5. The van der Waals surface area contributed by atoms with Gasteiger partial charge in [-0.1, -0.05) is 42.5 Å². The molecule has 0 amide bonds. The Hall–Kier alpha value is -1.97. The lowest BCUT2D eigenvalue weighted by atomic mass is 10.1. The normalized spacial score (nSPS) is 15.7. The molecular weight excluding hydrogens is 406 g/mol. The van der Waals surface area contributed by atoms with E-state index < -0.39 is 10.4 Å². The van der Waals surface area contributed by atoms with Gasteiger partial charge >= 0.3 is 0 Å². The summed E-state index contributed by atoms with van der Waals surface area (Å²) in [4.78, 5) is 0. The van der Waals surface area contributed by atoms with Crippen LogP contribution in [0.3, 0.4) is 0 Å². The van der Waals surface area contributed by atoms with Crippen molar-refractivity contribution in [1.82, 2.24) is 0 Å². The highest BCUT2D eigenvalue weighted by Gasteiger charge is 2.24. The molecule has 7 nitrogen and oxygen atoms in total. The van der Waals surface area contributed by atoms with E-state index in [1.165, 1.54) is 24.1 Å². The van der Waals surface area contributed by atoms with E-state index in [1.807, 2.05) is 30.3 Å². The zero-order valence-electron chi connectivity index (χ0n) is 17.7. The van der Waals surface area contributed by atoms with E-state index in [2.05, 4.69) is 35.5 Å². The topological polar surface area (TPSA) is 84.9 Å². The Morgan fingerprint density at radius 3 is 2.13 bits per heavy atom. The number of rotatable bonds is 8. The van der Waals surface area contributed by atoms with Crippen LogP contribution in [0.4, 0.5) is 0 Å². The average molecular weight is 438 g/mol. The minimum absolute atomic E-state index is 0.624. The molecule has 0 unspecified atom stereocenters. The summed E-state index contributed by atoms with van der Waals surface area (Å²) in [6.45, 7) is 5.98. The maximum atomic E-state index is 9.22. The molecule has 0 aliphatic carbocycles. The lowest BCUT2D eigenvalue weighted by Gasteiger charge is -2.37. The molecular formula is C22H31NO6S. The Morgan fingerprint density at radius 2 is 1.57 bits per heavy atom. The molecule has 2 aromatic rings. The number of para-hydroxylation sites is 1. The van der Waals surface area contributed by atoms with Gasteiger partial charge in [-0.2, -0.15) is 0 Å². The van der Waals surface area contributed by atoms with E-state index in [0.717, 1.165) is 50.1 Å². The quantitative estimate of drug-likeness (QED) is 0.359. The molecule has 1 heterocycles. The van der Waals surface area contributed by atoms with Crippen LogP contribution in [0, 0.1) is 0 Å². The molecule has 0 atom stereocenters. The largest absolute Gasteiger partial charge is 0.726 e. The average Bonchev–Trinajstić information content (AvgIpc) is 2.74. The van der Waals surface area contributed by atoms with E-state index in [4.69, 9.17) is 9.47 Å². The fraction of sp³-hybridized carbons (Fsp3) is 0.455. The number of hydrogen-bond acceptors (Lipinski definition) is 6. The van der Waals surface area contributed by atoms with Crippen LogP contribution >= 0.6 is 0 Å². The molecule has 0 N–H and O–H groups in total. The van der Waals surface area contributed by atoms with Gasteiger partial charge in [0.05, 0.1) is 33.9 Å². The summed E-state index contributed by atoms with van der Waals surface area (Å²) in [7, 11) is -1.25. The lowest BCUT2D eigenvalue weighted by Crippen LogP contribution is -2.52. The first kappa shape index (κ1) is 24.3. The number of aryl methyl sites for hydroxylation is 1. The lowest BCUT2D eigenvalue weighted by molar-refractivity contribution is -0.917. The predicted molar refractivity (Wildman–Crippen MR) is 114 cm³/mol. The monoisotopic (exact) mass is 437 g/mol. The van der Waals surface area contributed by atoms with Crippen molar-refractivity contribution in [2.45, 2.75) is 19.4 Å². The molecule has 1 saturated heterocycles. The maximum Gasteiger partial charge on any atom is 0.217 e. The number of ether oxygens (including phenoxy) is 2. The Morgan fingerprint density at radius 1 is 1.00 bits per heavy atom. The van der Waals surface area contributed by atoms with Crippen LogP contribution in [-0.4, -0.2) is 64.5 Å². The molecule has 0 aromatic heterocycles. The van der Waals surface area contributed by atoms with Crippen LogP contribution < -0.4 is 4.74 Å². The number of likely N-dealkylation sites (N-methyl/N-ethyl adjacent to an activating group) is 1. The van der Waals surface area contributed by atoms with Crippen LogP contribution in [0.1, 0.15) is 17.5 Å². The van der Waals surface area contributed by atoms with E-state index in [-0.39, 0.29) is 0 Å². The van der Waals surface area contributed by atoms with Gasteiger partial charge in [-0.15, -0.1) is 0 Å². The van der Waals surface area contributed by atoms with E-state index >= 15 is 0 Å². The fourth-order valence-corrected chi connectivity index (χ4v) is 3.16. The third-order valence-electron chi connectivity index (χ3n) is 5.09. The minimum atomic E-state index is -4.41. The highest BCUT2D eigenvalue weighted by atomic mass is 32.3. The van der Waals surface area contributed by atoms with Crippen molar-refractivity contribution >= 4 is 10.4 Å². The van der Waals surface area contributed by atoms with E-state index in [0.29, 0.717) is 6.61 Å². The van der Waals surface area contributed by atoms with Gasteiger partial charge in [-0.3, -0.25) is 4.18 Å². The van der Waals surface area contributed by atoms with Gasteiger partial charge in [0.1, 0.15) is 25.4 Å². The molecule has 0 bridgehead atoms. The van der Waals surface area contributed by atoms with Crippen molar-refractivity contribution in [2.24, 2.45) is 0 Å². The predicted octanol–water partition coefficient (Wildman–Crippen LogP) is 2.77. The summed E-state index contributed by atoms with van der Waals surface area (Å²) >= 11 is 0. The standard InChI is InChI=1S/C21H28NO2.CH4O4S/c1-22(14-16-23-17-15-22)13-5-6-19-9-11-20(12-10-19)18-24-21-7-3-2-4-8-21;1-5-6(2,3)4/h2-4,7-12H,5-6,13-18H2,1H3;1H3,(H,2,3,4)/q+1;/p-1. The fourth-order valence-electron chi connectivity index (χ4n) is 3.16. The van der Waals surface area contributed by atoms with Crippen LogP contribution in [-0.2, 0) is 32.3 Å². The first-order valence-corrected chi connectivity index (χ1v) is 11.3. The molecule has 30 heavy (non-hydrogen) atoms. The van der Waals surface area contributed by atoms with Crippen molar-refractivity contribution in [3.8, 4) is 5.75 Å². The molecule has 166 valence electrons. The van der Waals surface area contributed by atoms with Crippen molar-refractivity contribution in [3.05, 3.63) is 65.7 Å². The van der Waals surface area contributed by atoms with Gasteiger partial charge in [0.15, 0.2) is 0 Å².